The number of halogens is 1. The van der Waals surface area contributed by atoms with Crippen LogP contribution < -0.4 is 4.74 Å². The average molecular weight is 457 g/mol. The van der Waals surface area contributed by atoms with E-state index in [1.54, 1.807) is 36.1 Å². The standard InChI is InChI=1S/C23H21ClN2O6/c1-14-10-17(25-32-14)12-31-23(29)26-9-8-15-4-2-3-5-18(15)22(26)19-11-16(24)6-7-20(19)30-13-21(27)28/h2-7,10-11,22H,8-9,12-13H2,1H3,(H,27,28). The van der Waals surface area contributed by atoms with Gasteiger partial charge < -0.3 is 19.1 Å². The van der Waals surface area contributed by atoms with E-state index in [1.807, 2.05) is 24.3 Å². The maximum atomic E-state index is 13.1. The molecule has 0 bridgehead atoms. The summed E-state index contributed by atoms with van der Waals surface area (Å²) >= 11 is 6.27. The molecule has 9 heteroatoms. The lowest BCUT2D eigenvalue weighted by Gasteiger charge is -2.37. The van der Waals surface area contributed by atoms with Gasteiger partial charge in [0, 0.05) is 23.2 Å². The van der Waals surface area contributed by atoms with Gasteiger partial charge in [0.25, 0.3) is 0 Å². The van der Waals surface area contributed by atoms with Crippen molar-refractivity contribution in [2.45, 2.75) is 26.0 Å². The lowest BCUT2D eigenvalue weighted by atomic mass is 9.88. The second-order valence-corrected chi connectivity index (χ2v) is 7.83. The highest BCUT2D eigenvalue weighted by molar-refractivity contribution is 6.30. The number of amides is 1. The zero-order valence-electron chi connectivity index (χ0n) is 17.3. The molecule has 2 aromatic carbocycles. The second kappa shape index (κ2) is 9.32. The minimum Gasteiger partial charge on any atom is -0.482 e. The minimum atomic E-state index is -1.10. The molecular weight excluding hydrogens is 436 g/mol. The van der Waals surface area contributed by atoms with E-state index in [2.05, 4.69) is 5.16 Å². The van der Waals surface area contributed by atoms with Crippen molar-refractivity contribution in [1.82, 2.24) is 10.1 Å². The Kier molecular flexibility index (Phi) is 6.32. The van der Waals surface area contributed by atoms with Crippen LogP contribution >= 0.6 is 11.6 Å². The first-order valence-electron chi connectivity index (χ1n) is 10.00. The third-order valence-electron chi connectivity index (χ3n) is 5.16. The molecule has 1 unspecified atom stereocenters. The number of hydrogen-bond donors (Lipinski definition) is 1. The largest absolute Gasteiger partial charge is 0.482 e. The van der Waals surface area contributed by atoms with E-state index < -0.39 is 24.7 Å². The number of carboxylic acids is 1. The van der Waals surface area contributed by atoms with E-state index >= 15 is 0 Å². The fourth-order valence-corrected chi connectivity index (χ4v) is 3.99. The number of aromatic nitrogens is 1. The van der Waals surface area contributed by atoms with Crippen molar-refractivity contribution in [3.8, 4) is 5.75 Å². The van der Waals surface area contributed by atoms with Crippen molar-refractivity contribution in [2.24, 2.45) is 0 Å². The summed E-state index contributed by atoms with van der Waals surface area (Å²) in [5, 5.41) is 13.3. The van der Waals surface area contributed by atoms with Crippen LogP contribution in [-0.4, -0.2) is 40.4 Å². The molecule has 2 heterocycles. The zero-order valence-corrected chi connectivity index (χ0v) is 18.0. The first-order valence-corrected chi connectivity index (χ1v) is 10.4. The van der Waals surface area contributed by atoms with Crippen LogP contribution in [0, 0.1) is 6.92 Å². The van der Waals surface area contributed by atoms with Crippen LogP contribution in [0.4, 0.5) is 4.79 Å². The molecule has 166 valence electrons. The summed E-state index contributed by atoms with van der Waals surface area (Å²) < 4.78 is 16.1. The molecule has 4 rings (SSSR count). The predicted octanol–water partition coefficient (Wildman–Crippen LogP) is 4.38. The monoisotopic (exact) mass is 456 g/mol. The van der Waals surface area contributed by atoms with Gasteiger partial charge in [-0.05, 0) is 42.7 Å². The maximum Gasteiger partial charge on any atom is 0.410 e. The number of rotatable bonds is 6. The van der Waals surface area contributed by atoms with Gasteiger partial charge in [0.1, 0.15) is 23.8 Å². The van der Waals surface area contributed by atoms with Gasteiger partial charge in [0.2, 0.25) is 0 Å². The smallest absolute Gasteiger partial charge is 0.410 e. The van der Waals surface area contributed by atoms with Gasteiger partial charge in [-0.2, -0.15) is 0 Å². The van der Waals surface area contributed by atoms with Crippen molar-refractivity contribution in [2.75, 3.05) is 13.2 Å². The number of benzene rings is 2. The zero-order chi connectivity index (χ0) is 22.7. The molecule has 0 fully saturated rings. The first kappa shape index (κ1) is 21.7. The van der Waals surface area contributed by atoms with E-state index in [0.717, 1.165) is 11.1 Å². The van der Waals surface area contributed by atoms with Gasteiger partial charge in [0.05, 0.1) is 6.04 Å². The Hall–Kier alpha value is -3.52. The molecule has 1 aromatic heterocycles. The number of ether oxygens (including phenoxy) is 2. The predicted molar refractivity (Wildman–Crippen MR) is 115 cm³/mol. The highest BCUT2D eigenvalue weighted by Gasteiger charge is 2.35. The van der Waals surface area contributed by atoms with Gasteiger partial charge in [-0.15, -0.1) is 0 Å². The topological polar surface area (TPSA) is 102 Å². The third kappa shape index (κ3) is 4.70. The maximum absolute atomic E-state index is 13.1. The molecule has 0 saturated heterocycles. The third-order valence-corrected chi connectivity index (χ3v) is 5.39. The van der Waals surface area contributed by atoms with Crippen LogP contribution in [0.25, 0.3) is 0 Å². The molecule has 3 aromatic rings. The SMILES string of the molecule is Cc1cc(COC(=O)N2CCc3ccccc3C2c2cc(Cl)ccc2OCC(=O)O)no1. The molecule has 8 nitrogen and oxygen atoms in total. The Morgan fingerprint density at radius 3 is 2.78 bits per heavy atom. The molecule has 0 radical (unpaired) electrons. The molecule has 32 heavy (non-hydrogen) atoms. The Morgan fingerprint density at radius 1 is 1.22 bits per heavy atom. The summed E-state index contributed by atoms with van der Waals surface area (Å²) in [4.78, 5) is 25.8. The molecule has 1 N–H and O–H groups in total. The van der Waals surface area contributed by atoms with Gasteiger partial charge in [-0.25, -0.2) is 9.59 Å². The number of fused-ring (bicyclic) bond motifs is 1. The average Bonchev–Trinajstić information content (AvgIpc) is 3.20. The number of carbonyl (C=O) groups excluding carboxylic acids is 1. The number of aliphatic carboxylic acids is 1. The Balaban J connectivity index is 1.69. The Bertz CT molecular complexity index is 1150. The quantitative estimate of drug-likeness (QED) is 0.587. The van der Waals surface area contributed by atoms with Gasteiger partial charge in [0.15, 0.2) is 6.61 Å². The van der Waals surface area contributed by atoms with Crippen LogP contribution in [0.3, 0.4) is 0 Å². The van der Waals surface area contributed by atoms with Crippen LogP contribution in [0.5, 0.6) is 5.75 Å². The van der Waals surface area contributed by atoms with Crippen molar-refractivity contribution in [1.29, 1.82) is 0 Å². The van der Waals surface area contributed by atoms with Crippen molar-refractivity contribution >= 4 is 23.7 Å². The number of aryl methyl sites for hydroxylation is 1. The summed E-state index contributed by atoms with van der Waals surface area (Å²) in [7, 11) is 0. The van der Waals surface area contributed by atoms with E-state index in [0.29, 0.717) is 40.8 Å². The van der Waals surface area contributed by atoms with E-state index in [-0.39, 0.29) is 6.61 Å². The van der Waals surface area contributed by atoms with E-state index in [9.17, 15) is 9.59 Å². The fourth-order valence-electron chi connectivity index (χ4n) is 3.81. The van der Waals surface area contributed by atoms with Gasteiger partial charge >= 0.3 is 12.1 Å². The van der Waals surface area contributed by atoms with Crippen LogP contribution in [0.2, 0.25) is 5.02 Å². The highest BCUT2D eigenvalue weighted by atomic mass is 35.5. The molecule has 0 saturated carbocycles. The van der Waals surface area contributed by atoms with Crippen LogP contribution in [0.1, 0.15) is 34.2 Å². The highest BCUT2D eigenvalue weighted by Crippen LogP contribution is 2.40. The van der Waals surface area contributed by atoms with Crippen molar-refractivity contribution in [3.05, 3.63) is 81.7 Å². The summed E-state index contributed by atoms with van der Waals surface area (Å²) in [6.07, 6.45) is 0.116. The summed E-state index contributed by atoms with van der Waals surface area (Å²) in [5.74, 6) is -0.141. The molecular formula is C23H21ClN2O6. The van der Waals surface area contributed by atoms with Gasteiger partial charge in [-0.3, -0.25) is 4.90 Å². The summed E-state index contributed by atoms with van der Waals surface area (Å²) in [6.45, 7) is 1.62. The summed E-state index contributed by atoms with van der Waals surface area (Å²) in [6, 6.07) is 13.8. The number of hydrogen-bond acceptors (Lipinski definition) is 6. The molecule has 0 aliphatic carbocycles. The lowest BCUT2D eigenvalue weighted by Crippen LogP contribution is -2.41. The minimum absolute atomic E-state index is 0.0288. The Labute approximate surface area is 189 Å². The second-order valence-electron chi connectivity index (χ2n) is 7.39. The van der Waals surface area contributed by atoms with Crippen molar-refractivity contribution in [3.63, 3.8) is 0 Å². The van der Waals surface area contributed by atoms with Crippen molar-refractivity contribution < 1.29 is 28.7 Å². The fraction of sp³-hybridized carbons (Fsp3) is 0.261. The Morgan fingerprint density at radius 2 is 2.03 bits per heavy atom. The molecule has 1 amide bonds. The number of carbonyl (C=O) groups is 2. The molecule has 0 spiro atoms. The van der Waals surface area contributed by atoms with Crippen LogP contribution in [-0.2, 0) is 22.6 Å². The number of carboxylic acid groups (broad SMARTS) is 1. The van der Waals surface area contributed by atoms with Crippen LogP contribution in [0.15, 0.2) is 53.1 Å². The van der Waals surface area contributed by atoms with E-state index in [4.69, 9.17) is 30.7 Å². The summed E-state index contributed by atoms with van der Waals surface area (Å²) in [5.41, 5.74) is 3.08. The first-order chi connectivity index (χ1) is 15.4. The normalized spacial score (nSPS) is 15.2. The molecule has 1 aliphatic rings. The molecule has 1 aliphatic heterocycles. The molecule has 1 atom stereocenters. The lowest BCUT2D eigenvalue weighted by molar-refractivity contribution is -0.139. The number of nitrogens with zero attached hydrogens (tertiary/aromatic N) is 2. The van der Waals surface area contributed by atoms with Gasteiger partial charge in [-0.1, -0.05) is 41.0 Å². The van der Waals surface area contributed by atoms with E-state index in [1.165, 1.54) is 0 Å².